The van der Waals surface area contributed by atoms with Crippen LogP contribution in [0, 0.1) is 18.3 Å². The van der Waals surface area contributed by atoms with Gasteiger partial charge in [0.05, 0.1) is 10.6 Å². The fourth-order valence-corrected chi connectivity index (χ4v) is 2.80. The molecule has 1 heterocycles. The minimum absolute atomic E-state index is 0.0113. The maximum atomic E-state index is 11.3. The molecule has 0 atom stereocenters. The van der Waals surface area contributed by atoms with Gasteiger partial charge in [0.2, 0.25) is 10.0 Å². The highest BCUT2D eigenvalue weighted by Crippen LogP contribution is 2.27. The molecule has 2 aromatic rings. The highest BCUT2D eigenvalue weighted by molar-refractivity contribution is 7.89. The van der Waals surface area contributed by atoms with E-state index in [0.717, 1.165) is 11.5 Å². The van der Waals surface area contributed by atoms with E-state index in [-0.39, 0.29) is 4.90 Å². The van der Waals surface area contributed by atoms with Gasteiger partial charge < -0.3 is 5.32 Å². The Bertz CT molecular complexity index is 759. The lowest BCUT2D eigenvalue weighted by Gasteiger charge is -2.05. The number of primary sulfonamides is 1. The van der Waals surface area contributed by atoms with E-state index in [1.807, 2.05) is 0 Å². The highest BCUT2D eigenvalue weighted by atomic mass is 32.2. The van der Waals surface area contributed by atoms with Crippen molar-refractivity contribution in [2.24, 2.45) is 5.14 Å². The van der Waals surface area contributed by atoms with Crippen LogP contribution in [-0.4, -0.2) is 12.8 Å². The molecule has 98 valence electrons. The first-order chi connectivity index (χ1) is 8.91. The van der Waals surface area contributed by atoms with E-state index in [1.54, 1.807) is 19.1 Å². The Hall–Kier alpha value is -1.95. The Balaban J connectivity index is 2.37. The van der Waals surface area contributed by atoms with Crippen LogP contribution in [0.4, 0.5) is 10.7 Å². The second kappa shape index (κ2) is 4.97. The zero-order valence-electron chi connectivity index (χ0n) is 9.91. The summed E-state index contributed by atoms with van der Waals surface area (Å²) in [6.45, 7) is 1.74. The van der Waals surface area contributed by atoms with E-state index in [1.165, 1.54) is 12.1 Å². The Morgan fingerprint density at radius 1 is 1.47 bits per heavy atom. The number of aromatic nitrogens is 1. The van der Waals surface area contributed by atoms with Crippen LogP contribution in [0.2, 0.25) is 0 Å². The number of hydrogen-bond donors (Lipinski definition) is 2. The normalized spacial score (nSPS) is 11.0. The molecule has 0 amide bonds. The van der Waals surface area contributed by atoms with Crippen molar-refractivity contribution in [3.05, 3.63) is 35.5 Å². The van der Waals surface area contributed by atoms with Crippen molar-refractivity contribution in [1.29, 1.82) is 5.26 Å². The predicted octanol–water partition coefficient (Wildman–Crippen LogP) is 1.71. The molecule has 1 aromatic heterocycles. The lowest BCUT2D eigenvalue weighted by atomic mass is 10.2. The largest absolute Gasteiger partial charge is 0.345 e. The van der Waals surface area contributed by atoms with E-state index in [4.69, 9.17) is 10.4 Å². The van der Waals surface area contributed by atoms with E-state index in [0.29, 0.717) is 21.9 Å². The van der Waals surface area contributed by atoms with Gasteiger partial charge in [-0.05, 0) is 36.7 Å². The lowest BCUT2D eigenvalue weighted by Crippen LogP contribution is -2.12. The number of nitrogens with one attached hydrogen (secondary N) is 1. The molecule has 0 bridgehead atoms. The van der Waals surface area contributed by atoms with E-state index in [2.05, 4.69) is 15.8 Å². The number of rotatable bonds is 3. The fraction of sp³-hybridized carbons (Fsp3) is 0.0909. The summed E-state index contributed by atoms with van der Waals surface area (Å²) in [4.78, 5) is 0.0113. The minimum atomic E-state index is -3.75. The third-order valence-electron chi connectivity index (χ3n) is 2.39. The molecule has 19 heavy (non-hydrogen) atoms. The summed E-state index contributed by atoms with van der Waals surface area (Å²) in [6, 6.07) is 8.12. The number of anilines is 2. The average molecular weight is 294 g/mol. The Labute approximate surface area is 114 Å². The Kier molecular flexibility index (Phi) is 3.53. The van der Waals surface area contributed by atoms with Gasteiger partial charge in [-0.25, -0.2) is 13.6 Å². The number of aryl methyl sites for hydroxylation is 1. The molecule has 0 unspecified atom stereocenters. The first-order valence-electron chi connectivity index (χ1n) is 5.18. The van der Waals surface area contributed by atoms with E-state index < -0.39 is 10.0 Å². The molecule has 3 N–H and O–H groups in total. The van der Waals surface area contributed by atoms with Crippen LogP contribution in [-0.2, 0) is 10.0 Å². The van der Waals surface area contributed by atoms with Crippen molar-refractivity contribution < 1.29 is 8.42 Å². The van der Waals surface area contributed by atoms with Gasteiger partial charge in [0.1, 0.15) is 16.6 Å². The fourth-order valence-electron chi connectivity index (χ4n) is 1.47. The van der Waals surface area contributed by atoms with Crippen LogP contribution in [0.1, 0.15) is 11.3 Å². The number of nitrogens with two attached hydrogens (primary N) is 1. The van der Waals surface area contributed by atoms with Crippen LogP contribution in [0.3, 0.4) is 0 Å². The van der Waals surface area contributed by atoms with Gasteiger partial charge in [-0.3, -0.25) is 0 Å². The number of hydrogen-bond acceptors (Lipinski definition) is 6. The molecule has 0 fully saturated rings. The first kappa shape index (κ1) is 13.5. The van der Waals surface area contributed by atoms with Crippen LogP contribution in [0.25, 0.3) is 0 Å². The van der Waals surface area contributed by atoms with Crippen LogP contribution in [0.15, 0.2) is 29.2 Å². The standard InChI is InChI=1S/C11H10N4O2S2/c1-7-10(6-12)11(18-15-7)14-8-3-2-4-9(5-8)19(13,16)17/h2-5,14H,1H3,(H2,13,16,17). The maximum absolute atomic E-state index is 11.3. The van der Waals surface area contributed by atoms with Crippen LogP contribution < -0.4 is 10.5 Å². The van der Waals surface area contributed by atoms with Crippen molar-refractivity contribution in [3.8, 4) is 6.07 Å². The molecule has 8 heteroatoms. The Morgan fingerprint density at radius 3 is 2.84 bits per heavy atom. The molecule has 0 saturated carbocycles. The number of nitrogens with zero attached hydrogens (tertiary/aromatic N) is 2. The summed E-state index contributed by atoms with van der Waals surface area (Å²) in [6.07, 6.45) is 0. The zero-order valence-corrected chi connectivity index (χ0v) is 11.5. The molecule has 0 aliphatic rings. The van der Waals surface area contributed by atoms with E-state index >= 15 is 0 Å². The molecular formula is C11H10N4O2S2. The van der Waals surface area contributed by atoms with Crippen LogP contribution >= 0.6 is 11.5 Å². The molecule has 0 aliphatic carbocycles. The van der Waals surface area contributed by atoms with Gasteiger partial charge in [-0.1, -0.05) is 6.07 Å². The molecule has 0 aliphatic heterocycles. The van der Waals surface area contributed by atoms with Gasteiger partial charge in [-0.15, -0.1) is 0 Å². The Morgan fingerprint density at radius 2 is 2.21 bits per heavy atom. The highest BCUT2D eigenvalue weighted by Gasteiger charge is 2.12. The van der Waals surface area contributed by atoms with Crippen molar-refractivity contribution in [1.82, 2.24) is 4.37 Å². The quantitative estimate of drug-likeness (QED) is 0.895. The van der Waals surface area contributed by atoms with E-state index in [9.17, 15) is 8.42 Å². The monoisotopic (exact) mass is 294 g/mol. The number of sulfonamides is 1. The molecule has 2 rings (SSSR count). The molecule has 0 spiro atoms. The van der Waals surface area contributed by atoms with Crippen molar-refractivity contribution in [2.75, 3.05) is 5.32 Å². The smallest absolute Gasteiger partial charge is 0.238 e. The summed E-state index contributed by atoms with van der Waals surface area (Å²) in [5.74, 6) is 0. The van der Waals surface area contributed by atoms with Gasteiger partial charge in [0.15, 0.2) is 0 Å². The number of nitriles is 1. The summed E-state index contributed by atoms with van der Waals surface area (Å²) in [7, 11) is -3.75. The van der Waals surface area contributed by atoms with Crippen molar-refractivity contribution in [2.45, 2.75) is 11.8 Å². The second-order valence-corrected chi connectivity index (χ2v) is 6.12. The summed E-state index contributed by atoms with van der Waals surface area (Å²) in [5.41, 5.74) is 1.62. The molecule has 0 saturated heterocycles. The number of benzene rings is 1. The summed E-state index contributed by atoms with van der Waals surface area (Å²) in [5, 5.41) is 17.6. The third kappa shape index (κ3) is 2.90. The van der Waals surface area contributed by atoms with Crippen molar-refractivity contribution in [3.63, 3.8) is 0 Å². The third-order valence-corrected chi connectivity index (χ3v) is 4.16. The van der Waals surface area contributed by atoms with Crippen LogP contribution in [0.5, 0.6) is 0 Å². The molecule has 6 nitrogen and oxygen atoms in total. The minimum Gasteiger partial charge on any atom is -0.345 e. The van der Waals surface area contributed by atoms with Crippen molar-refractivity contribution >= 4 is 32.2 Å². The maximum Gasteiger partial charge on any atom is 0.238 e. The van der Waals surface area contributed by atoms with Gasteiger partial charge in [0.25, 0.3) is 0 Å². The topological polar surface area (TPSA) is 109 Å². The molecule has 0 radical (unpaired) electrons. The van der Waals surface area contributed by atoms with Gasteiger partial charge >= 0.3 is 0 Å². The summed E-state index contributed by atoms with van der Waals surface area (Å²) >= 11 is 1.14. The summed E-state index contributed by atoms with van der Waals surface area (Å²) < 4.78 is 26.6. The second-order valence-electron chi connectivity index (χ2n) is 3.78. The lowest BCUT2D eigenvalue weighted by molar-refractivity contribution is 0.598. The first-order valence-corrected chi connectivity index (χ1v) is 7.50. The zero-order chi connectivity index (χ0) is 14.0. The average Bonchev–Trinajstić information content (AvgIpc) is 2.69. The van der Waals surface area contributed by atoms with Gasteiger partial charge in [0, 0.05) is 5.69 Å². The predicted molar refractivity (Wildman–Crippen MR) is 72.7 cm³/mol. The SMILES string of the molecule is Cc1nsc(Nc2cccc(S(N)(=O)=O)c2)c1C#N. The molecular weight excluding hydrogens is 284 g/mol. The molecule has 1 aromatic carbocycles. The van der Waals surface area contributed by atoms with Gasteiger partial charge in [-0.2, -0.15) is 9.64 Å².